The minimum atomic E-state index is 0. The van der Waals surface area contributed by atoms with Gasteiger partial charge in [0.2, 0.25) is 0 Å². The van der Waals surface area contributed by atoms with Gasteiger partial charge in [0.15, 0.2) is 5.96 Å². The lowest BCUT2D eigenvalue weighted by Crippen LogP contribution is -2.48. The third kappa shape index (κ3) is 4.94. The van der Waals surface area contributed by atoms with Crippen LogP contribution >= 0.6 is 24.0 Å². The van der Waals surface area contributed by atoms with E-state index in [1.165, 1.54) is 5.56 Å². The Labute approximate surface area is 138 Å². The van der Waals surface area contributed by atoms with E-state index in [2.05, 4.69) is 52.5 Å². The van der Waals surface area contributed by atoms with Gasteiger partial charge in [-0.1, -0.05) is 37.3 Å². The van der Waals surface area contributed by atoms with Crippen LogP contribution in [0.5, 0.6) is 0 Å². The Balaban J connectivity index is 0.00000200. The lowest BCUT2D eigenvalue weighted by atomic mass is 10.0. The number of benzene rings is 1. The minimum Gasteiger partial charge on any atom is -0.378 e. The molecule has 5 heteroatoms. The van der Waals surface area contributed by atoms with Crippen molar-refractivity contribution >= 4 is 29.9 Å². The van der Waals surface area contributed by atoms with Crippen molar-refractivity contribution in [2.75, 3.05) is 39.9 Å². The van der Waals surface area contributed by atoms with Crippen molar-refractivity contribution in [2.24, 2.45) is 4.99 Å². The monoisotopic (exact) mass is 389 g/mol. The van der Waals surface area contributed by atoms with Crippen LogP contribution in [0.3, 0.4) is 0 Å². The van der Waals surface area contributed by atoms with Crippen LogP contribution < -0.4 is 5.32 Å². The second-order valence-electron chi connectivity index (χ2n) is 4.84. The zero-order valence-corrected chi connectivity index (χ0v) is 14.5. The number of guanidine groups is 1. The van der Waals surface area contributed by atoms with E-state index in [4.69, 9.17) is 4.74 Å². The van der Waals surface area contributed by atoms with Crippen molar-refractivity contribution in [2.45, 2.75) is 12.8 Å². The average Bonchev–Trinajstić information content (AvgIpc) is 2.49. The molecule has 2 rings (SSSR count). The van der Waals surface area contributed by atoms with Crippen LogP contribution in [0.1, 0.15) is 18.4 Å². The van der Waals surface area contributed by atoms with Crippen molar-refractivity contribution in [3.05, 3.63) is 35.9 Å². The van der Waals surface area contributed by atoms with Crippen LogP contribution in [0.25, 0.3) is 0 Å². The summed E-state index contributed by atoms with van der Waals surface area (Å²) in [5.41, 5.74) is 1.35. The molecule has 1 saturated heterocycles. The average molecular weight is 389 g/mol. The number of aliphatic imine (C=N–C) groups is 1. The molecule has 1 fully saturated rings. The molecular weight excluding hydrogens is 365 g/mol. The molecule has 20 heavy (non-hydrogen) atoms. The fraction of sp³-hybridized carbons (Fsp3) is 0.533. The van der Waals surface area contributed by atoms with Crippen molar-refractivity contribution < 1.29 is 4.74 Å². The summed E-state index contributed by atoms with van der Waals surface area (Å²) in [6.45, 7) is 6.53. The molecule has 1 N–H and O–H groups in total. The van der Waals surface area contributed by atoms with Gasteiger partial charge in [-0.2, -0.15) is 0 Å². The maximum Gasteiger partial charge on any atom is 0.193 e. The highest BCUT2D eigenvalue weighted by atomic mass is 127. The van der Waals surface area contributed by atoms with Crippen LogP contribution in [0.4, 0.5) is 0 Å². The molecule has 4 nitrogen and oxygen atoms in total. The molecule has 0 spiro atoms. The first-order valence-electron chi connectivity index (χ1n) is 6.89. The molecule has 1 aromatic rings. The van der Waals surface area contributed by atoms with Gasteiger partial charge in [0.25, 0.3) is 0 Å². The van der Waals surface area contributed by atoms with E-state index in [9.17, 15) is 0 Å². The predicted molar refractivity (Wildman–Crippen MR) is 94.0 cm³/mol. The third-order valence-electron chi connectivity index (χ3n) is 3.46. The first-order valence-corrected chi connectivity index (χ1v) is 6.89. The maximum absolute atomic E-state index is 5.36. The first-order chi connectivity index (χ1) is 9.31. The topological polar surface area (TPSA) is 36.9 Å². The van der Waals surface area contributed by atoms with Gasteiger partial charge in [0, 0.05) is 26.7 Å². The summed E-state index contributed by atoms with van der Waals surface area (Å²) in [6.07, 6.45) is 0. The molecule has 1 aromatic carbocycles. The first kappa shape index (κ1) is 17.2. The molecule has 1 atom stereocenters. The number of hydrogen-bond acceptors (Lipinski definition) is 2. The molecule has 0 amide bonds. The van der Waals surface area contributed by atoms with Crippen LogP contribution in [0.2, 0.25) is 0 Å². The number of morpholine rings is 1. The van der Waals surface area contributed by atoms with E-state index >= 15 is 0 Å². The second kappa shape index (κ2) is 9.18. The number of nitrogens with zero attached hydrogens (tertiary/aromatic N) is 2. The Kier molecular flexibility index (Phi) is 7.91. The molecule has 0 saturated carbocycles. The van der Waals surface area contributed by atoms with Gasteiger partial charge in [-0.15, -0.1) is 24.0 Å². The fourth-order valence-electron chi connectivity index (χ4n) is 2.25. The van der Waals surface area contributed by atoms with Crippen LogP contribution in [0, 0.1) is 0 Å². The van der Waals surface area contributed by atoms with Gasteiger partial charge >= 0.3 is 0 Å². The number of nitrogens with one attached hydrogen (secondary N) is 1. The highest BCUT2D eigenvalue weighted by Crippen LogP contribution is 2.13. The molecule has 0 radical (unpaired) electrons. The quantitative estimate of drug-likeness (QED) is 0.490. The van der Waals surface area contributed by atoms with Crippen molar-refractivity contribution in [1.29, 1.82) is 0 Å². The van der Waals surface area contributed by atoms with E-state index in [0.717, 1.165) is 38.8 Å². The van der Waals surface area contributed by atoms with E-state index < -0.39 is 0 Å². The fourth-order valence-corrected chi connectivity index (χ4v) is 2.25. The summed E-state index contributed by atoms with van der Waals surface area (Å²) in [5, 5.41) is 3.46. The van der Waals surface area contributed by atoms with E-state index in [1.807, 2.05) is 7.05 Å². The van der Waals surface area contributed by atoms with Gasteiger partial charge in [-0.25, -0.2) is 0 Å². The lowest BCUT2D eigenvalue weighted by Gasteiger charge is -2.30. The standard InChI is InChI=1S/C15H23N3O.HI/c1-13(14-6-4-3-5-7-14)12-17-15(16-2)18-8-10-19-11-9-18;/h3-7,13H,8-12H2,1-2H3,(H,16,17);1H. The Morgan fingerprint density at radius 3 is 2.55 bits per heavy atom. The summed E-state index contributed by atoms with van der Waals surface area (Å²) >= 11 is 0. The smallest absolute Gasteiger partial charge is 0.193 e. The molecule has 112 valence electrons. The lowest BCUT2D eigenvalue weighted by molar-refractivity contribution is 0.0665. The SMILES string of the molecule is CN=C(NCC(C)c1ccccc1)N1CCOCC1.I. The summed E-state index contributed by atoms with van der Waals surface area (Å²) in [6, 6.07) is 10.6. The van der Waals surface area contributed by atoms with Gasteiger partial charge < -0.3 is 15.0 Å². The molecule has 1 aliphatic rings. The van der Waals surface area contributed by atoms with E-state index in [-0.39, 0.29) is 24.0 Å². The second-order valence-corrected chi connectivity index (χ2v) is 4.84. The molecule has 1 aliphatic heterocycles. The number of halogens is 1. The molecule has 1 heterocycles. The number of rotatable bonds is 3. The molecule has 1 unspecified atom stereocenters. The zero-order valence-electron chi connectivity index (χ0n) is 12.2. The van der Waals surface area contributed by atoms with Crippen LogP contribution in [-0.4, -0.2) is 50.8 Å². The number of ether oxygens (including phenoxy) is 1. The van der Waals surface area contributed by atoms with Gasteiger partial charge in [-0.3, -0.25) is 4.99 Å². The maximum atomic E-state index is 5.36. The molecule has 0 aromatic heterocycles. The summed E-state index contributed by atoms with van der Waals surface area (Å²) < 4.78 is 5.36. The van der Waals surface area contributed by atoms with Crippen molar-refractivity contribution in [1.82, 2.24) is 10.2 Å². The Hall–Kier alpha value is -0.820. The van der Waals surface area contributed by atoms with E-state index in [1.54, 1.807) is 0 Å². The molecule has 0 aliphatic carbocycles. The third-order valence-corrected chi connectivity index (χ3v) is 3.46. The Morgan fingerprint density at radius 2 is 1.95 bits per heavy atom. The molecule has 0 bridgehead atoms. The normalized spacial score (nSPS) is 17.3. The highest BCUT2D eigenvalue weighted by Gasteiger charge is 2.15. The van der Waals surface area contributed by atoms with E-state index in [0.29, 0.717) is 5.92 Å². The van der Waals surface area contributed by atoms with Crippen LogP contribution in [0.15, 0.2) is 35.3 Å². The number of hydrogen-bond donors (Lipinski definition) is 1. The largest absolute Gasteiger partial charge is 0.378 e. The van der Waals surface area contributed by atoms with Crippen molar-refractivity contribution in [3.63, 3.8) is 0 Å². The predicted octanol–water partition coefficient (Wildman–Crippen LogP) is 2.32. The molecular formula is C15H24IN3O. The summed E-state index contributed by atoms with van der Waals surface area (Å²) in [5.74, 6) is 1.45. The van der Waals surface area contributed by atoms with Crippen LogP contribution in [-0.2, 0) is 4.74 Å². The summed E-state index contributed by atoms with van der Waals surface area (Å²) in [4.78, 5) is 6.60. The minimum absolute atomic E-state index is 0. The summed E-state index contributed by atoms with van der Waals surface area (Å²) in [7, 11) is 1.84. The highest BCUT2D eigenvalue weighted by molar-refractivity contribution is 14.0. The van der Waals surface area contributed by atoms with Gasteiger partial charge in [0.1, 0.15) is 0 Å². The Morgan fingerprint density at radius 1 is 1.30 bits per heavy atom. The van der Waals surface area contributed by atoms with Crippen molar-refractivity contribution in [3.8, 4) is 0 Å². The zero-order chi connectivity index (χ0) is 13.5. The van der Waals surface area contributed by atoms with Gasteiger partial charge in [-0.05, 0) is 11.5 Å². The Bertz CT molecular complexity index is 405. The van der Waals surface area contributed by atoms with Gasteiger partial charge in [0.05, 0.1) is 13.2 Å².